The lowest BCUT2D eigenvalue weighted by Gasteiger charge is -2.09. The molecule has 1 aromatic carbocycles. The van der Waals surface area contributed by atoms with E-state index in [2.05, 4.69) is 0 Å². The van der Waals surface area contributed by atoms with E-state index in [1.807, 2.05) is 13.0 Å². The van der Waals surface area contributed by atoms with Gasteiger partial charge in [-0.2, -0.15) is 0 Å². The SMILES string of the molecule is COc1cc2c(cc1CC(=O)O)CC(C)O2. The van der Waals surface area contributed by atoms with E-state index in [-0.39, 0.29) is 12.5 Å². The zero-order chi connectivity index (χ0) is 11.7. The fourth-order valence-corrected chi connectivity index (χ4v) is 1.99. The Labute approximate surface area is 93.8 Å². The van der Waals surface area contributed by atoms with Crippen molar-refractivity contribution in [3.05, 3.63) is 23.3 Å². The predicted molar refractivity (Wildman–Crippen MR) is 58.1 cm³/mol. The van der Waals surface area contributed by atoms with Crippen LogP contribution in [-0.2, 0) is 17.6 Å². The Morgan fingerprint density at radius 2 is 2.38 bits per heavy atom. The highest BCUT2D eigenvalue weighted by molar-refractivity contribution is 5.72. The molecule has 0 bridgehead atoms. The van der Waals surface area contributed by atoms with Crippen LogP contribution in [0.4, 0.5) is 0 Å². The van der Waals surface area contributed by atoms with Gasteiger partial charge in [0.2, 0.25) is 0 Å². The van der Waals surface area contributed by atoms with E-state index in [0.717, 1.165) is 17.7 Å². The Bertz CT molecular complexity index is 425. The molecule has 1 atom stereocenters. The Morgan fingerprint density at radius 1 is 1.62 bits per heavy atom. The van der Waals surface area contributed by atoms with E-state index < -0.39 is 5.97 Å². The van der Waals surface area contributed by atoms with E-state index in [4.69, 9.17) is 14.6 Å². The maximum absolute atomic E-state index is 10.7. The van der Waals surface area contributed by atoms with Gasteiger partial charge in [-0.1, -0.05) is 0 Å². The van der Waals surface area contributed by atoms with Gasteiger partial charge in [-0.15, -0.1) is 0 Å². The monoisotopic (exact) mass is 222 g/mol. The first-order chi connectivity index (χ1) is 7.60. The number of aliphatic carboxylic acids is 1. The molecule has 4 heteroatoms. The summed E-state index contributed by atoms with van der Waals surface area (Å²) in [6, 6.07) is 3.64. The molecule has 0 amide bonds. The van der Waals surface area contributed by atoms with Gasteiger partial charge >= 0.3 is 5.97 Å². The molecular weight excluding hydrogens is 208 g/mol. The highest BCUT2D eigenvalue weighted by atomic mass is 16.5. The largest absolute Gasteiger partial charge is 0.496 e. The zero-order valence-electron chi connectivity index (χ0n) is 9.32. The van der Waals surface area contributed by atoms with Crippen LogP contribution in [0.25, 0.3) is 0 Å². The van der Waals surface area contributed by atoms with Crippen molar-refractivity contribution in [3.63, 3.8) is 0 Å². The van der Waals surface area contributed by atoms with Gasteiger partial charge in [-0.05, 0) is 18.6 Å². The normalized spacial score (nSPS) is 17.8. The summed E-state index contributed by atoms with van der Waals surface area (Å²) in [6.45, 7) is 1.99. The molecule has 1 aliphatic rings. The van der Waals surface area contributed by atoms with Gasteiger partial charge in [-0.25, -0.2) is 0 Å². The van der Waals surface area contributed by atoms with Crippen LogP contribution >= 0.6 is 0 Å². The molecule has 1 aliphatic heterocycles. The second kappa shape index (κ2) is 4.04. The van der Waals surface area contributed by atoms with Crippen LogP contribution in [-0.4, -0.2) is 24.3 Å². The average Bonchev–Trinajstić information content (AvgIpc) is 2.55. The predicted octanol–water partition coefficient (Wildman–Crippen LogP) is 1.65. The van der Waals surface area contributed by atoms with Gasteiger partial charge < -0.3 is 14.6 Å². The van der Waals surface area contributed by atoms with E-state index in [9.17, 15) is 4.79 Å². The summed E-state index contributed by atoms with van der Waals surface area (Å²) in [4.78, 5) is 10.7. The van der Waals surface area contributed by atoms with Gasteiger partial charge in [-0.3, -0.25) is 4.79 Å². The number of ether oxygens (including phenoxy) is 2. The summed E-state index contributed by atoms with van der Waals surface area (Å²) >= 11 is 0. The summed E-state index contributed by atoms with van der Waals surface area (Å²) in [5.41, 5.74) is 1.76. The molecule has 86 valence electrons. The molecular formula is C12H14O4. The highest BCUT2D eigenvalue weighted by Crippen LogP contribution is 2.35. The van der Waals surface area contributed by atoms with Crippen molar-refractivity contribution in [3.8, 4) is 11.5 Å². The number of carboxylic acid groups (broad SMARTS) is 1. The topological polar surface area (TPSA) is 55.8 Å². The molecule has 2 rings (SSSR count). The van der Waals surface area contributed by atoms with E-state index in [1.54, 1.807) is 6.07 Å². The molecule has 0 saturated heterocycles. The van der Waals surface area contributed by atoms with Gasteiger partial charge in [0.25, 0.3) is 0 Å². The Kier molecular flexibility index (Phi) is 2.73. The quantitative estimate of drug-likeness (QED) is 0.844. The van der Waals surface area contributed by atoms with Crippen molar-refractivity contribution >= 4 is 5.97 Å². The molecule has 0 saturated carbocycles. The van der Waals surface area contributed by atoms with Gasteiger partial charge in [0.15, 0.2) is 0 Å². The molecule has 16 heavy (non-hydrogen) atoms. The molecule has 0 fully saturated rings. The van der Waals surface area contributed by atoms with Gasteiger partial charge in [0, 0.05) is 18.1 Å². The fourth-order valence-electron chi connectivity index (χ4n) is 1.99. The Balaban J connectivity index is 2.38. The summed E-state index contributed by atoms with van der Waals surface area (Å²) in [5, 5.41) is 8.80. The van der Waals surface area contributed by atoms with Crippen molar-refractivity contribution in [2.75, 3.05) is 7.11 Å². The third-order valence-corrected chi connectivity index (χ3v) is 2.64. The van der Waals surface area contributed by atoms with E-state index >= 15 is 0 Å². The molecule has 0 spiro atoms. The second-order valence-electron chi connectivity index (χ2n) is 3.97. The third-order valence-electron chi connectivity index (χ3n) is 2.64. The maximum atomic E-state index is 10.7. The molecule has 0 aliphatic carbocycles. The number of methoxy groups -OCH3 is 1. The van der Waals surface area contributed by atoms with Gasteiger partial charge in [0.1, 0.15) is 17.6 Å². The molecule has 1 aromatic rings. The average molecular weight is 222 g/mol. The van der Waals surface area contributed by atoms with E-state index in [0.29, 0.717) is 11.3 Å². The van der Waals surface area contributed by atoms with Crippen molar-refractivity contribution in [2.24, 2.45) is 0 Å². The lowest BCUT2D eigenvalue weighted by molar-refractivity contribution is -0.136. The number of carbonyl (C=O) groups is 1. The Morgan fingerprint density at radius 3 is 3.00 bits per heavy atom. The first-order valence-electron chi connectivity index (χ1n) is 5.18. The van der Waals surface area contributed by atoms with Crippen LogP contribution in [0.15, 0.2) is 12.1 Å². The highest BCUT2D eigenvalue weighted by Gasteiger charge is 2.22. The number of hydrogen-bond donors (Lipinski definition) is 1. The van der Waals surface area contributed by atoms with Crippen LogP contribution < -0.4 is 9.47 Å². The minimum atomic E-state index is -0.856. The summed E-state index contributed by atoms with van der Waals surface area (Å²) in [7, 11) is 1.53. The fraction of sp³-hybridized carbons (Fsp3) is 0.417. The van der Waals surface area contributed by atoms with E-state index in [1.165, 1.54) is 7.11 Å². The van der Waals surface area contributed by atoms with Crippen LogP contribution in [0.2, 0.25) is 0 Å². The van der Waals surface area contributed by atoms with Crippen molar-refractivity contribution < 1.29 is 19.4 Å². The molecule has 0 radical (unpaired) electrons. The zero-order valence-corrected chi connectivity index (χ0v) is 9.32. The smallest absolute Gasteiger partial charge is 0.307 e. The Hall–Kier alpha value is -1.71. The molecule has 1 unspecified atom stereocenters. The number of rotatable bonds is 3. The van der Waals surface area contributed by atoms with Gasteiger partial charge in [0.05, 0.1) is 13.5 Å². The summed E-state index contributed by atoms with van der Waals surface area (Å²) < 4.78 is 10.7. The lowest BCUT2D eigenvalue weighted by Crippen LogP contribution is -2.05. The number of carboxylic acids is 1. The summed E-state index contributed by atoms with van der Waals surface area (Å²) in [5.74, 6) is 0.527. The first-order valence-corrected chi connectivity index (χ1v) is 5.18. The van der Waals surface area contributed by atoms with Crippen LogP contribution in [0, 0.1) is 0 Å². The first kappa shape index (κ1) is 10.8. The molecule has 1 N–H and O–H groups in total. The minimum absolute atomic E-state index is 0.0230. The number of fused-ring (bicyclic) bond motifs is 1. The molecule has 4 nitrogen and oxygen atoms in total. The standard InChI is InChI=1S/C12H14O4/c1-7-3-8-4-9(5-12(13)14)10(15-2)6-11(8)16-7/h4,6-7H,3,5H2,1-2H3,(H,13,14). The molecule has 1 heterocycles. The summed E-state index contributed by atoms with van der Waals surface area (Å²) in [6.07, 6.45) is 0.955. The van der Waals surface area contributed by atoms with Crippen LogP contribution in [0.1, 0.15) is 18.1 Å². The second-order valence-corrected chi connectivity index (χ2v) is 3.97. The van der Waals surface area contributed by atoms with Crippen LogP contribution in [0.3, 0.4) is 0 Å². The number of hydrogen-bond acceptors (Lipinski definition) is 3. The number of benzene rings is 1. The lowest BCUT2D eigenvalue weighted by atomic mass is 10.0. The van der Waals surface area contributed by atoms with Crippen molar-refractivity contribution in [2.45, 2.75) is 25.9 Å². The molecule has 0 aromatic heterocycles. The van der Waals surface area contributed by atoms with Crippen molar-refractivity contribution in [1.82, 2.24) is 0 Å². The van der Waals surface area contributed by atoms with Crippen LogP contribution in [0.5, 0.6) is 11.5 Å². The minimum Gasteiger partial charge on any atom is -0.496 e. The maximum Gasteiger partial charge on any atom is 0.307 e. The third kappa shape index (κ3) is 1.96. The van der Waals surface area contributed by atoms with Crippen molar-refractivity contribution in [1.29, 1.82) is 0 Å².